The van der Waals surface area contributed by atoms with Crippen LogP contribution in [0.15, 0.2) is 10.5 Å². The number of hydrogen-bond donors (Lipinski definition) is 2. The Kier molecular flexibility index (Phi) is 6.12. The zero-order valence-corrected chi connectivity index (χ0v) is 15.4. The number of nitrogen functional groups attached to an aromatic ring is 1. The van der Waals surface area contributed by atoms with Gasteiger partial charge < -0.3 is 20.5 Å². The van der Waals surface area contributed by atoms with Crippen LogP contribution in [-0.4, -0.2) is 50.7 Å². The fourth-order valence-corrected chi connectivity index (χ4v) is 3.71. The van der Waals surface area contributed by atoms with Crippen molar-refractivity contribution in [3.63, 3.8) is 0 Å². The minimum Gasteiger partial charge on any atom is -0.495 e. The number of likely N-dealkylation sites (N-methyl/N-ethyl adjacent to an activating group) is 1. The van der Waals surface area contributed by atoms with E-state index in [9.17, 15) is 4.79 Å². The van der Waals surface area contributed by atoms with Crippen LogP contribution in [-0.2, 0) is 0 Å². The van der Waals surface area contributed by atoms with E-state index in [1.165, 1.54) is 20.6 Å². The van der Waals surface area contributed by atoms with Crippen LogP contribution in [0.25, 0.3) is 0 Å². The van der Waals surface area contributed by atoms with E-state index in [2.05, 4.69) is 33.1 Å². The number of methoxy groups -OCH3 is 2. The molecular weight excluding hydrogens is 362 g/mol. The molecule has 1 amide bonds. The Bertz CT molecular complexity index is 552. The average Bonchev–Trinajstić information content (AvgIpc) is 2.99. The smallest absolute Gasteiger partial charge is 0.259 e. The molecular formula is C16H24BrN3O3. The molecule has 3 N–H and O–H groups in total. The lowest BCUT2D eigenvalue weighted by Gasteiger charge is -2.23. The second-order valence-electron chi connectivity index (χ2n) is 5.52. The first-order valence-corrected chi connectivity index (χ1v) is 8.54. The molecule has 1 aromatic rings. The predicted octanol–water partition coefficient (Wildman–Crippen LogP) is 2.26. The number of likely N-dealkylation sites (tertiary alicyclic amines) is 1. The molecule has 0 aliphatic carbocycles. The number of hydrogen-bond acceptors (Lipinski definition) is 5. The summed E-state index contributed by atoms with van der Waals surface area (Å²) in [5.74, 6) is 0.517. The number of halogens is 1. The van der Waals surface area contributed by atoms with Crippen LogP contribution >= 0.6 is 15.9 Å². The third kappa shape index (κ3) is 3.72. The summed E-state index contributed by atoms with van der Waals surface area (Å²) in [7, 11) is 3.01. The monoisotopic (exact) mass is 385 g/mol. The Balaban J connectivity index is 2.21. The predicted molar refractivity (Wildman–Crippen MR) is 94.3 cm³/mol. The summed E-state index contributed by atoms with van der Waals surface area (Å²) >= 11 is 3.38. The molecule has 128 valence electrons. The molecule has 23 heavy (non-hydrogen) atoms. The van der Waals surface area contributed by atoms with Crippen LogP contribution in [0, 0.1) is 0 Å². The van der Waals surface area contributed by atoms with Gasteiger partial charge in [0, 0.05) is 12.6 Å². The second-order valence-corrected chi connectivity index (χ2v) is 6.38. The van der Waals surface area contributed by atoms with E-state index in [1.54, 1.807) is 6.07 Å². The van der Waals surface area contributed by atoms with E-state index < -0.39 is 0 Å². The first-order chi connectivity index (χ1) is 11.0. The summed E-state index contributed by atoms with van der Waals surface area (Å²) < 4.78 is 11.3. The highest BCUT2D eigenvalue weighted by Gasteiger charge is 2.27. The van der Waals surface area contributed by atoms with Gasteiger partial charge in [0.25, 0.3) is 5.91 Å². The van der Waals surface area contributed by atoms with Gasteiger partial charge >= 0.3 is 0 Å². The van der Waals surface area contributed by atoms with E-state index in [0.29, 0.717) is 39.8 Å². The van der Waals surface area contributed by atoms with Crippen molar-refractivity contribution in [1.29, 1.82) is 0 Å². The summed E-state index contributed by atoms with van der Waals surface area (Å²) in [4.78, 5) is 15.1. The molecule has 6 nitrogen and oxygen atoms in total. The number of nitrogens with two attached hydrogens (primary N) is 1. The quantitative estimate of drug-likeness (QED) is 0.734. The third-order valence-corrected chi connectivity index (χ3v) is 4.84. The van der Waals surface area contributed by atoms with Crippen molar-refractivity contribution in [3.8, 4) is 11.5 Å². The lowest BCUT2D eigenvalue weighted by molar-refractivity contribution is 0.0935. The third-order valence-electron chi connectivity index (χ3n) is 4.25. The molecule has 0 spiro atoms. The lowest BCUT2D eigenvalue weighted by Crippen LogP contribution is -2.40. The van der Waals surface area contributed by atoms with Crippen LogP contribution in [0.5, 0.6) is 11.5 Å². The van der Waals surface area contributed by atoms with Crippen molar-refractivity contribution >= 4 is 27.5 Å². The summed E-state index contributed by atoms with van der Waals surface area (Å²) in [6.07, 6.45) is 2.27. The number of carbonyl (C=O) groups is 1. The molecule has 1 heterocycles. The maximum absolute atomic E-state index is 12.7. The molecule has 1 aliphatic rings. The summed E-state index contributed by atoms with van der Waals surface area (Å²) in [5, 5.41) is 2.99. The largest absolute Gasteiger partial charge is 0.495 e. The van der Waals surface area contributed by atoms with Gasteiger partial charge in [0.2, 0.25) is 0 Å². The number of anilines is 1. The van der Waals surface area contributed by atoms with Crippen molar-refractivity contribution in [2.45, 2.75) is 25.8 Å². The van der Waals surface area contributed by atoms with E-state index in [-0.39, 0.29) is 5.91 Å². The van der Waals surface area contributed by atoms with Gasteiger partial charge in [-0.25, -0.2) is 0 Å². The van der Waals surface area contributed by atoms with Gasteiger partial charge in [0.1, 0.15) is 11.3 Å². The standard InChI is InChI=1S/C16H24BrN3O3/c1-4-20-7-5-6-10(20)9-19-16(21)13-14(22-2)11(17)8-12(18)15(13)23-3/h8,10H,4-7,9,18H2,1-3H3,(H,19,21)/t10-/m0/s1. The number of nitrogens with zero attached hydrogens (tertiary/aromatic N) is 1. The highest BCUT2D eigenvalue weighted by Crippen LogP contribution is 2.40. The van der Waals surface area contributed by atoms with Crippen molar-refractivity contribution < 1.29 is 14.3 Å². The molecule has 0 bridgehead atoms. The molecule has 0 radical (unpaired) electrons. The normalized spacial score (nSPS) is 18.0. The molecule has 1 atom stereocenters. The molecule has 2 rings (SSSR count). The average molecular weight is 386 g/mol. The highest BCUT2D eigenvalue weighted by atomic mass is 79.9. The number of amides is 1. The maximum Gasteiger partial charge on any atom is 0.259 e. The topological polar surface area (TPSA) is 76.8 Å². The molecule has 1 fully saturated rings. The van der Waals surface area contributed by atoms with Gasteiger partial charge in [-0.1, -0.05) is 6.92 Å². The Labute approximate surface area is 145 Å². The minimum absolute atomic E-state index is 0.241. The first kappa shape index (κ1) is 17.9. The van der Waals surface area contributed by atoms with Crippen molar-refractivity contribution in [1.82, 2.24) is 10.2 Å². The molecule has 0 saturated carbocycles. The summed E-state index contributed by atoms with van der Waals surface area (Å²) in [6, 6.07) is 2.05. The number of benzene rings is 1. The van der Waals surface area contributed by atoms with Gasteiger partial charge in [-0.15, -0.1) is 0 Å². The molecule has 0 unspecified atom stereocenters. The van der Waals surface area contributed by atoms with Crippen molar-refractivity contribution in [3.05, 3.63) is 16.1 Å². The zero-order chi connectivity index (χ0) is 17.0. The van der Waals surface area contributed by atoms with E-state index in [4.69, 9.17) is 15.2 Å². The maximum atomic E-state index is 12.7. The fraction of sp³-hybridized carbons (Fsp3) is 0.562. The number of rotatable bonds is 6. The van der Waals surface area contributed by atoms with Crippen LogP contribution in [0.2, 0.25) is 0 Å². The first-order valence-electron chi connectivity index (χ1n) is 7.75. The Morgan fingerprint density at radius 2 is 2.13 bits per heavy atom. The Hall–Kier alpha value is -1.47. The SMILES string of the molecule is CCN1CCC[C@H]1CNC(=O)c1c(OC)c(N)cc(Br)c1OC. The molecule has 1 aromatic carbocycles. The lowest BCUT2D eigenvalue weighted by atomic mass is 10.1. The highest BCUT2D eigenvalue weighted by molar-refractivity contribution is 9.10. The molecule has 1 saturated heterocycles. The van der Waals surface area contributed by atoms with E-state index in [1.807, 2.05) is 0 Å². The number of nitrogens with one attached hydrogen (secondary N) is 1. The number of carbonyl (C=O) groups excluding carboxylic acids is 1. The van der Waals surface area contributed by atoms with Crippen LogP contribution in [0.4, 0.5) is 5.69 Å². The Morgan fingerprint density at radius 3 is 2.74 bits per heavy atom. The van der Waals surface area contributed by atoms with Gasteiger partial charge in [0.15, 0.2) is 5.75 Å². The molecule has 7 heteroatoms. The molecule has 0 aromatic heterocycles. The van der Waals surface area contributed by atoms with E-state index >= 15 is 0 Å². The summed E-state index contributed by atoms with van der Waals surface area (Å²) in [6.45, 7) is 4.83. The van der Waals surface area contributed by atoms with Crippen LogP contribution < -0.4 is 20.5 Å². The van der Waals surface area contributed by atoms with Gasteiger partial charge in [-0.3, -0.25) is 9.69 Å². The van der Waals surface area contributed by atoms with Gasteiger partial charge in [0.05, 0.1) is 24.4 Å². The van der Waals surface area contributed by atoms with Crippen molar-refractivity contribution in [2.24, 2.45) is 0 Å². The van der Waals surface area contributed by atoms with E-state index in [0.717, 1.165) is 19.5 Å². The Morgan fingerprint density at radius 1 is 1.43 bits per heavy atom. The van der Waals surface area contributed by atoms with Gasteiger partial charge in [-0.05, 0) is 47.9 Å². The zero-order valence-electron chi connectivity index (χ0n) is 13.8. The van der Waals surface area contributed by atoms with Crippen LogP contribution in [0.3, 0.4) is 0 Å². The minimum atomic E-state index is -0.241. The number of ether oxygens (including phenoxy) is 2. The fourth-order valence-electron chi connectivity index (χ4n) is 3.10. The summed E-state index contributed by atoms with van der Waals surface area (Å²) in [5.41, 5.74) is 6.67. The second kappa shape index (κ2) is 7.88. The van der Waals surface area contributed by atoms with Gasteiger partial charge in [-0.2, -0.15) is 0 Å². The van der Waals surface area contributed by atoms with Crippen molar-refractivity contribution in [2.75, 3.05) is 39.6 Å². The molecule has 1 aliphatic heterocycles. The van der Waals surface area contributed by atoms with Crippen LogP contribution in [0.1, 0.15) is 30.1 Å².